The van der Waals surface area contributed by atoms with Gasteiger partial charge in [0.2, 0.25) is 11.8 Å². The van der Waals surface area contributed by atoms with Gasteiger partial charge in [0, 0.05) is 17.4 Å². The zero-order valence-electron chi connectivity index (χ0n) is 10.8. The molecular formula is C14H17BrN2O2. The molecule has 1 aliphatic heterocycles. The summed E-state index contributed by atoms with van der Waals surface area (Å²) < 4.78 is 1.02. The second kappa shape index (κ2) is 6.19. The lowest BCUT2D eigenvalue weighted by Crippen LogP contribution is -2.43. The van der Waals surface area contributed by atoms with Crippen LogP contribution < -0.4 is 10.6 Å². The topological polar surface area (TPSA) is 58.2 Å². The Morgan fingerprint density at radius 2 is 2.11 bits per heavy atom. The molecule has 2 N–H and O–H groups in total. The molecule has 0 saturated carbocycles. The van der Waals surface area contributed by atoms with Crippen LogP contribution in [-0.2, 0) is 9.59 Å². The summed E-state index contributed by atoms with van der Waals surface area (Å²) in [5, 5.41) is 5.72. The van der Waals surface area contributed by atoms with Crippen molar-refractivity contribution in [1.29, 1.82) is 0 Å². The van der Waals surface area contributed by atoms with Crippen LogP contribution in [0.25, 0.3) is 0 Å². The maximum Gasteiger partial charge on any atom is 0.225 e. The van der Waals surface area contributed by atoms with Gasteiger partial charge in [0.25, 0.3) is 0 Å². The normalized spacial score (nSPS) is 20.5. The van der Waals surface area contributed by atoms with E-state index in [-0.39, 0.29) is 23.8 Å². The van der Waals surface area contributed by atoms with Crippen LogP contribution in [-0.4, -0.2) is 18.4 Å². The van der Waals surface area contributed by atoms with E-state index in [9.17, 15) is 9.59 Å². The van der Waals surface area contributed by atoms with E-state index < -0.39 is 0 Å². The molecule has 1 unspecified atom stereocenters. The number of amides is 2. The molecule has 1 aromatic rings. The minimum absolute atomic E-state index is 0.00965. The number of hydrogen-bond acceptors (Lipinski definition) is 2. The molecule has 19 heavy (non-hydrogen) atoms. The quantitative estimate of drug-likeness (QED) is 0.895. The molecule has 1 aliphatic rings. The van der Waals surface area contributed by atoms with E-state index in [4.69, 9.17) is 0 Å². The van der Waals surface area contributed by atoms with Crippen molar-refractivity contribution in [2.75, 3.05) is 6.54 Å². The number of piperidine rings is 1. The summed E-state index contributed by atoms with van der Waals surface area (Å²) in [6.07, 6.45) is 1.06. The Bertz CT molecular complexity index is 463. The Hall–Kier alpha value is -1.36. The molecule has 1 saturated heterocycles. The van der Waals surface area contributed by atoms with Crippen LogP contribution in [0, 0.1) is 5.92 Å². The van der Waals surface area contributed by atoms with Crippen molar-refractivity contribution in [3.63, 3.8) is 0 Å². The first-order valence-corrected chi connectivity index (χ1v) is 7.18. The van der Waals surface area contributed by atoms with E-state index in [1.807, 2.05) is 31.2 Å². The summed E-state index contributed by atoms with van der Waals surface area (Å²) in [5.74, 6) is -0.0731. The van der Waals surface area contributed by atoms with Gasteiger partial charge in [0.15, 0.2) is 0 Å². The molecule has 0 spiro atoms. The van der Waals surface area contributed by atoms with Gasteiger partial charge in [-0.2, -0.15) is 0 Å². The molecule has 0 bridgehead atoms. The van der Waals surface area contributed by atoms with E-state index in [1.54, 1.807) is 0 Å². The third kappa shape index (κ3) is 3.80. The van der Waals surface area contributed by atoms with Crippen molar-refractivity contribution >= 4 is 27.7 Å². The molecular weight excluding hydrogens is 308 g/mol. The summed E-state index contributed by atoms with van der Waals surface area (Å²) in [7, 11) is 0. The molecule has 102 valence electrons. The smallest absolute Gasteiger partial charge is 0.225 e. The standard InChI is InChI=1S/C14H17BrN2O2/c1-9(10-2-5-12(15)6-3-10)17-14(19)11-4-7-13(18)16-8-11/h2-3,5-6,9,11H,4,7-8H2,1H3,(H,16,18)(H,17,19)/t9-,11?/m1/s1. The highest BCUT2D eigenvalue weighted by molar-refractivity contribution is 9.10. The van der Waals surface area contributed by atoms with E-state index in [2.05, 4.69) is 26.6 Å². The number of rotatable bonds is 3. The summed E-state index contributed by atoms with van der Waals surface area (Å²) in [4.78, 5) is 23.1. The highest BCUT2D eigenvalue weighted by Crippen LogP contribution is 2.18. The number of hydrogen-bond donors (Lipinski definition) is 2. The molecule has 4 nitrogen and oxygen atoms in total. The molecule has 2 rings (SSSR count). The molecule has 1 heterocycles. The number of nitrogens with one attached hydrogen (secondary N) is 2. The van der Waals surface area contributed by atoms with Crippen molar-refractivity contribution in [2.45, 2.75) is 25.8 Å². The Balaban J connectivity index is 1.91. The Morgan fingerprint density at radius 3 is 2.68 bits per heavy atom. The van der Waals surface area contributed by atoms with Crippen LogP contribution in [0.15, 0.2) is 28.7 Å². The van der Waals surface area contributed by atoms with Crippen molar-refractivity contribution in [3.8, 4) is 0 Å². The van der Waals surface area contributed by atoms with E-state index >= 15 is 0 Å². The largest absolute Gasteiger partial charge is 0.355 e. The summed E-state index contributed by atoms with van der Waals surface area (Å²) in [5.41, 5.74) is 1.07. The fourth-order valence-electron chi connectivity index (χ4n) is 2.12. The first kappa shape index (κ1) is 14.1. The van der Waals surface area contributed by atoms with Gasteiger partial charge in [0.1, 0.15) is 0 Å². The Morgan fingerprint density at radius 1 is 1.42 bits per heavy atom. The van der Waals surface area contributed by atoms with Crippen molar-refractivity contribution in [3.05, 3.63) is 34.3 Å². The van der Waals surface area contributed by atoms with E-state index in [1.165, 1.54) is 0 Å². The van der Waals surface area contributed by atoms with Crippen LogP contribution in [0.1, 0.15) is 31.4 Å². The first-order chi connectivity index (χ1) is 9.06. The third-order valence-corrected chi connectivity index (χ3v) is 3.89. The van der Waals surface area contributed by atoms with Crippen molar-refractivity contribution in [1.82, 2.24) is 10.6 Å². The summed E-state index contributed by atoms with van der Waals surface area (Å²) >= 11 is 3.39. The van der Waals surface area contributed by atoms with Gasteiger partial charge in [0.05, 0.1) is 12.0 Å². The number of carbonyl (C=O) groups excluding carboxylic acids is 2. The molecule has 1 fully saturated rings. The Kier molecular flexibility index (Phi) is 4.58. The SMILES string of the molecule is C[C@@H](NC(=O)C1CCC(=O)NC1)c1ccc(Br)cc1. The van der Waals surface area contributed by atoms with Gasteiger partial charge in [-0.05, 0) is 31.0 Å². The average Bonchev–Trinajstić information content (AvgIpc) is 2.40. The van der Waals surface area contributed by atoms with E-state index in [0.29, 0.717) is 19.4 Å². The first-order valence-electron chi connectivity index (χ1n) is 6.39. The maximum absolute atomic E-state index is 12.1. The predicted octanol–water partition coefficient (Wildman–Crippen LogP) is 2.15. The van der Waals surface area contributed by atoms with Crippen LogP contribution >= 0.6 is 15.9 Å². The Labute approximate surface area is 121 Å². The van der Waals surface area contributed by atoms with Gasteiger partial charge >= 0.3 is 0 Å². The van der Waals surface area contributed by atoms with Crippen LogP contribution in [0.2, 0.25) is 0 Å². The maximum atomic E-state index is 12.1. The van der Waals surface area contributed by atoms with Gasteiger partial charge in [-0.3, -0.25) is 9.59 Å². The summed E-state index contributed by atoms with van der Waals surface area (Å²) in [6.45, 7) is 2.40. The molecule has 1 aromatic carbocycles. The number of halogens is 1. The minimum Gasteiger partial charge on any atom is -0.355 e. The number of benzene rings is 1. The molecule has 2 atom stereocenters. The van der Waals surface area contributed by atoms with Gasteiger partial charge < -0.3 is 10.6 Å². The molecule has 0 aliphatic carbocycles. The average molecular weight is 325 g/mol. The van der Waals surface area contributed by atoms with Crippen LogP contribution in [0.3, 0.4) is 0 Å². The monoisotopic (exact) mass is 324 g/mol. The zero-order chi connectivity index (χ0) is 13.8. The lowest BCUT2D eigenvalue weighted by Gasteiger charge is -2.24. The second-order valence-corrected chi connectivity index (χ2v) is 5.74. The van der Waals surface area contributed by atoms with Crippen molar-refractivity contribution < 1.29 is 9.59 Å². The highest BCUT2D eigenvalue weighted by atomic mass is 79.9. The molecule has 5 heteroatoms. The zero-order valence-corrected chi connectivity index (χ0v) is 12.4. The van der Waals surface area contributed by atoms with E-state index in [0.717, 1.165) is 10.0 Å². The fourth-order valence-corrected chi connectivity index (χ4v) is 2.39. The van der Waals surface area contributed by atoms with Gasteiger partial charge in [-0.15, -0.1) is 0 Å². The number of carbonyl (C=O) groups is 2. The van der Waals surface area contributed by atoms with Crippen LogP contribution in [0.5, 0.6) is 0 Å². The second-order valence-electron chi connectivity index (χ2n) is 4.82. The lowest BCUT2D eigenvalue weighted by molar-refractivity contribution is -0.129. The fraction of sp³-hybridized carbons (Fsp3) is 0.429. The van der Waals surface area contributed by atoms with Crippen LogP contribution in [0.4, 0.5) is 0 Å². The summed E-state index contributed by atoms with van der Waals surface area (Å²) in [6, 6.07) is 7.85. The lowest BCUT2D eigenvalue weighted by atomic mass is 9.97. The molecule has 0 radical (unpaired) electrons. The van der Waals surface area contributed by atoms with Crippen molar-refractivity contribution in [2.24, 2.45) is 5.92 Å². The molecule has 2 amide bonds. The highest BCUT2D eigenvalue weighted by Gasteiger charge is 2.25. The van der Waals surface area contributed by atoms with Gasteiger partial charge in [-0.1, -0.05) is 28.1 Å². The third-order valence-electron chi connectivity index (χ3n) is 3.37. The minimum atomic E-state index is -0.115. The van der Waals surface area contributed by atoms with Gasteiger partial charge in [-0.25, -0.2) is 0 Å². The molecule has 0 aromatic heterocycles. The predicted molar refractivity (Wildman–Crippen MR) is 76.4 cm³/mol.